The fraction of sp³-hybridized carbons (Fsp3) is 0.417. The van der Waals surface area contributed by atoms with E-state index in [1.807, 2.05) is 4.90 Å². The van der Waals surface area contributed by atoms with Crippen molar-refractivity contribution >= 4 is 12.1 Å². The maximum Gasteiger partial charge on any atom is 0.416 e. The molecule has 1 aliphatic heterocycles. The molecule has 0 unspecified atom stereocenters. The van der Waals surface area contributed by atoms with Crippen molar-refractivity contribution in [2.24, 2.45) is 0 Å². The topological polar surface area (TPSA) is 23.6 Å². The van der Waals surface area contributed by atoms with Crippen LogP contribution in [-0.2, 0) is 11.0 Å². The van der Waals surface area contributed by atoms with Gasteiger partial charge in [-0.05, 0) is 18.2 Å². The van der Waals surface area contributed by atoms with Crippen molar-refractivity contribution in [3.63, 3.8) is 0 Å². The Morgan fingerprint density at radius 1 is 1.11 bits per heavy atom. The molecule has 0 bridgehead atoms. The van der Waals surface area contributed by atoms with Gasteiger partial charge in [-0.2, -0.15) is 13.2 Å². The van der Waals surface area contributed by atoms with Gasteiger partial charge in [0.25, 0.3) is 0 Å². The third-order valence-corrected chi connectivity index (χ3v) is 3.00. The number of amides is 1. The molecule has 2 rings (SSSR count). The van der Waals surface area contributed by atoms with Gasteiger partial charge < -0.3 is 9.80 Å². The van der Waals surface area contributed by atoms with Gasteiger partial charge in [-0.1, -0.05) is 6.07 Å². The Hall–Kier alpha value is -1.72. The molecule has 1 aromatic carbocycles. The number of benzene rings is 1. The summed E-state index contributed by atoms with van der Waals surface area (Å²) in [5, 5.41) is 0. The minimum atomic E-state index is -4.32. The van der Waals surface area contributed by atoms with E-state index in [1.54, 1.807) is 11.0 Å². The summed E-state index contributed by atoms with van der Waals surface area (Å²) >= 11 is 0. The molecule has 1 saturated heterocycles. The van der Waals surface area contributed by atoms with Gasteiger partial charge in [0.1, 0.15) is 0 Å². The van der Waals surface area contributed by atoms with Crippen LogP contribution in [0.5, 0.6) is 0 Å². The van der Waals surface area contributed by atoms with Crippen molar-refractivity contribution in [3.8, 4) is 0 Å². The summed E-state index contributed by atoms with van der Waals surface area (Å²) in [6.07, 6.45) is -3.55. The van der Waals surface area contributed by atoms with Gasteiger partial charge in [-0.15, -0.1) is 0 Å². The summed E-state index contributed by atoms with van der Waals surface area (Å²) in [4.78, 5) is 14.0. The van der Waals surface area contributed by atoms with E-state index in [0.29, 0.717) is 31.9 Å². The molecule has 0 spiro atoms. The quantitative estimate of drug-likeness (QED) is 0.757. The van der Waals surface area contributed by atoms with E-state index in [0.717, 1.165) is 18.5 Å². The molecule has 18 heavy (non-hydrogen) atoms. The molecule has 1 heterocycles. The van der Waals surface area contributed by atoms with E-state index in [1.165, 1.54) is 6.07 Å². The van der Waals surface area contributed by atoms with Crippen molar-refractivity contribution in [3.05, 3.63) is 29.8 Å². The van der Waals surface area contributed by atoms with Crippen molar-refractivity contribution < 1.29 is 18.0 Å². The number of halogens is 3. The molecular formula is C12H13F3N2O. The Kier molecular flexibility index (Phi) is 3.45. The predicted octanol–water partition coefficient (Wildman–Crippen LogP) is 1.98. The molecule has 0 aromatic heterocycles. The zero-order valence-electron chi connectivity index (χ0n) is 9.65. The lowest BCUT2D eigenvalue weighted by molar-refractivity contribution is -0.137. The second kappa shape index (κ2) is 4.88. The van der Waals surface area contributed by atoms with Gasteiger partial charge in [0.05, 0.1) is 5.56 Å². The molecule has 1 amide bonds. The molecule has 1 aliphatic rings. The van der Waals surface area contributed by atoms with Crippen LogP contribution in [0.1, 0.15) is 5.56 Å². The van der Waals surface area contributed by atoms with Crippen LogP contribution in [0.15, 0.2) is 24.3 Å². The number of hydrogen-bond donors (Lipinski definition) is 0. The predicted molar refractivity (Wildman–Crippen MR) is 61.3 cm³/mol. The van der Waals surface area contributed by atoms with Crippen LogP contribution in [0.25, 0.3) is 0 Å². The van der Waals surface area contributed by atoms with E-state index < -0.39 is 11.7 Å². The van der Waals surface area contributed by atoms with Crippen molar-refractivity contribution in [1.82, 2.24) is 4.90 Å². The van der Waals surface area contributed by atoms with E-state index in [9.17, 15) is 18.0 Å². The first kappa shape index (κ1) is 12.7. The standard InChI is InChI=1S/C12H13F3N2O/c13-12(14,15)10-2-1-3-11(8-10)17-6-4-16(9-18)5-7-17/h1-3,8-9H,4-7H2. The van der Waals surface area contributed by atoms with Gasteiger partial charge in [0, 0.05) is 31.9 Å². The lowest BCUT2D eigenvalue weighted by Crippen LogP contribution is -2.45. The molecule has 98 valence electrons. The Morgan fingerprint density at radius 2 is 1.78 bits per heavy atom. The number of carbonyl (C=O) groups is 1. The SMILES string of the molecule is O=CN1CCN(c2cccc(C(F)(F)F)c2)CC1. The average Bonchev–Trinajstić information content (AvgIpc) is 2.38. The molecule has 1 fully saturated rings. The zero-order chi connectivity index (χ0) is 13.2. The van der Waals surface area contributed by atoms with E-state index in [4.69, 9.17) is 0 Å². The highest BCUT2D eigenvalue weighted by atomic mass is 19.4. The summed E-state index contributed by atoms with van der Waals surface area (Å²) < 4.78 is 37.7. The number of piperazine rings is 1. The fourth-order valence-electron chi connectivity index (χ4n) is 1.96. The fourth-order valence-corrected chi connectivity index (χ4v) is 1.96. The van der Waals surface area contributed by atoms with Gasteiger partial charge in [-0.3, -0.25) is 4.79 Å². The second-order valence-electron chi connectivity index (χ2n) is 4.18. The molecule has 3 nitrogen and oxygen atoms in total. The lowest BCUT2D eigenvalue weighted by atomic mass is 10.1. The lowest BCUT2D eigenvalue weighted by Gasteiger charge is -2.34. The number of nitrogens with zero attached hydrogens (tertiary/aromatic N) is 2. The van der Waals surface area contributed by atoms with Crippen LogP contribution < -0.4 is 4.90 Å². The van der Waals surface area contributed by atoms with Gasteiger partial charge in [0.2, 0.25) is 6.41 Å². The number of hydrogen-bond acceptors (Lipinski definition) is 2. The van der Waals surface area contributed by atoms with Gasteiger partial charge in [0.15, 0.2) is 0 Å². The number of alkyl halides is 3. The van der Waals surface area contributed by atoms with Crippen LogP contribution in [0.3, 0.4) is 0 Å². The highest BCUT2D eigenvalue weighted by molar-refractivity contribution is 5.52. The van der Waals surface area contributed by atoms with Gasteiger partial charge >= 0.3 is 6.18 Å². The Balaban J connectivity index is 2.12. The second-order valence-corrected chi connectivity index (χ2v) is 4.18. The summed E-state index contributed by atoms with van der Waals surface area (Å²) in [7, 11) is 0. The van der Waals surface area contributed by atoms with Crippen LogP contribution in [-0.4, -0.2) is 37.5 Å². The molecule has 0 atom stereocenters. The normalized spacial score (nSPS) is 16.8. The summed E-state index contributed by atoms with van der Waals surface area (Å²) in [5.41, 5.74) is -0.0896. The molecule has 0 radical (unpaired) electrons. The smallest absolute Gasteiger partial charge is 0.368 e. The molecule has 0 saturated carbocycles. The van der Waals surface area contributed by atoms with Crippen molar-refractivity contribution in [2.45, 2.75) is 6.18 Å². The third-order valence-electron chi connectivity index (χ3n) is 3.00. The first-order valence-corrected chi connectivity index (χ1v) is 5.62. The highest BCUT2D eigenvalue weighted by Crippen LogP contribution is 2.31. The number of anilines is 1. The molecular weight excluding hydrogens is 245 g/mol. The van der Waals surface area contributed by atoms with E-state index >= 15 is 0 Å². The maximum atomic E-state index is 12.6. The van der Waals surface area contributed by atoms with Crippen LogP contribution >= 0.6 is 0 Å². The van der Waals surface area contributed by atoms with E-state index in [-0.39, 0.29) is 0 Å². The monoisotopic (exact) mass is 258 g/mol. The zero-order valence-corrected chi connectivity index (χ0v) is 9.65. The first-order valence-electron chi connectivity index (χ1n) is 5.62. The summed E-state index contributed by atoms with van der Waals surface area (Å²) in [6, 6.07) is 5.28. The third kappa shape index (κ3) is 2.75. The van der Waals surface area contributed by atoms with Crippen LogP contribution in [0, 0.1) is 0 Å². The van der Waals surface area contributed by atoms with Crippen LogP contribution in [0.4, 0.5) is 18.9 Å². The van der Waals surface area contributed by atoms with Crippen molar-refractivity contribution in [1.29, 1.82) is 0 Å². The number of rotatable bonds is 2. The molecule has 0 aliphatic carbocycles. The Labute approximate surface area is 103 Å². The first-order chi connectivity index (χ1) is 8.50. The minimum Gasteiger partial charge on any atom is -0.368 e. The Bertz CT molecular complexity index is 426. The van der Waals surface area contributed by atoms with Crippen molar-refractivity contribution in [2.75, 3.05) is 31.1 Å². The average molecular weight is 258 g/mol. The highest BCUT2D eigenvalue weighted by Gasteiger charge is 2.31. The molecule has 1 aromatic rings. The van der Waals surface area contributed by atoms with E-state index in [2.05, 4.69) is 0 Å². The molecule has 6 heteroatoms. The van der Waals surface area contributed by atoms with Crippen LogP contribution in [0.2, 0.25) is 0 Å². The largest absolute Gasteiger partial charge is 0.416 e. The molecule has 0 N–H and O–H groups in total. The Morgan fingerprint density at radius 3 is 2.33 bits per heavy atom. The van der Waals surface area contributed by atoms with Gasteiger partial charge in [-0.25, -0.2) is 0 Å². The number of carbonyl (C=O) groups excluding carboxylic acids is 1. The maximum absolute atomic E-state index is 12.6. The minimum absolute atomic E-state index is 0.541. The summed E-state index contributed by atoms with van der Waals surface area (Å²) in [5.74, 6) is 0. The summed E-state index contributed by atoms with van der Waals surface area (Å²) in [6.45, 7) is 2.19.